The van der Waals surface area contributed by atoms with Crippen molar-refractivity contribution in [1.29, 1.82) is 0 Å². The first-order chi connectivity index (χ1) is 15.1. The summed E-state index contributed by atoms with van der Waals surface area (Å²) in [6.07, 6.45) is 0. The van der Waals surface area contributed by atoms with Gasteiger partial charge in [-0.3, -0.25) is 14.5 Å². The van der Waals surface area contributed by atoms with Crippen LogP contribution in [0.1, 0.15) is 54.1 Å². The summed E-state index contributed by atoms with van der Waals surface area (Å²) in [4.78, 5) is 27.6. The van der Waals surface area contributed by atoms with Crippen LogP contribution in [0, 0.1) is 13.8 Å². The quantitative estimate of drug-likeness (QED) is 0.344. The van der Waals surface area contributed by atoms with E-state index in [0.29, 0.717) is 15.7 Å². The lowest BCUT2D eigenvalue weighted by atomic mass is 9.85. The first-order valence-corrected chi connectivity index (χ1v) is 11.2. The molecule has 3 aromatic rings. The second-order valence-electron chi connectivity index (χ2n) is 9.01. The average molecular weight is 448 g/mol. The minimum absolute atomic E-state index is 0.0431. The van der Waals surface area contributed by atoms with Crippen molar-refractivity contribution in [3.63, 3.8) is 0 Å². The van der Waals surface area contributed by atoms with E-state index in [9.17, 15) is 14.7 Å². The molecule has 1 aliphatic rings. The van der Waals surface area contributed by atoms with Gasteiger partial charge in [0.25, 0.3) is 5.78 Å². The molecular weight excluding hydrogens is 422 g/mol. The molecule has 7 heteroatoms. The van der Waals surface area contributed by atoms with Crippen LogP contribution in [0.3, 0.4) is 0 Å². The number of rotatable bonds is 3. The fourth-order valence-electron chi connectivity index (χ4n) is 3.76. The minimum Gasteiger partial charge on any atom is -0.507 e. The maximum absolute atomic E-state index is 13.1. The average Bonchev–Trinajstić information content (AvgIpc) is 3.28. The number of benzene rings is 2. The molecule has 32 heavy (non-hydrogen) atoms. The number of nitrogens with zero attached hydrogens (tertiary/aromatic N) is 3. The van der Waals surface area contributed by atoms with Crippen LogP contribution < -0.4 is 4.90 Å². The van der Waals surface area contributed by atoms with Crippen molar-refractivity contribution in [3.8, 4) is 0 Å². The third-order valence-electron chi connectivity index (χ3n) is 5.58. The molecule has 0 bridgehead atoms. The molecule has 1 aromatic heterocycles. The van der Waals surface area contributed by atoms with E-state index in [1.54, 1.807) is 19.1 Å². The number of aryl methyl sites for hydroxylation is 2. The van der Waals surface area contributed by atoms with E-state index >= 15 is 0 Å². The monoisotopic (exact) mass is 447 g/mol. The number of carbonyl (C=O) groups is 2. The number of hydrogen-bond donors (Lipinski definition) is 1. The highest BCUT2D eigenvalue weighted by atomic mass is 32.1. The Hall–Kier alpha value is -3.32. The van der Waals surface area contributed by atoms with Crippen LogP contribution in [0.5, 0.6) is 0 Å². The fraction of sp³-hybridized carbons (Fsp3) is 0.280. The second-order valence-corrected chi connectivity index (χ2v) is 10.2. The van der Waals surface area contributed by atoms with Gasteiger partial charge < -0.3 is 5.11 Å². The molecule has 1 aliphatic heterocycles. The van der Waals surface area contributed by atoms with Gasteiger partial charge in [0, 0.05) is 5.56 Å². The van der Waals surface area contributed by atoms with Crippen molar-refractivity contribution in [3.05, 3.63) is 81.4 Å². The summed E-state index contributed by atoms with van der Waals surface area (Å²) in [6, 6.07) is 14.2. The van der Waals surface area contributed by atoms with Crippen molar-refractivity contribution >= 4 is 33.9 Å². The lowest BCUT2D eigenvalue weighted by Gasteiger charge is -2.24. The van der Waals surface area contributed by atoms with Crippen molar-refractivity contribution < 1.29 is 14.7 Å². The van der Waals surface area contributed by atoms with Gasteiger partial charge >= 0.3 is 5.91 Å². The highest BCUT2D eigenvalue weighted by Crippen LogP contribution is 2.43. The number of amides is 1. The summed E-state index contributed by atoms with van der Waals surface area (Å²) in [6.45, 7) is 10.1. The standard InChI is InChI=1S/C25H25N3O3S/c1-14-6-8-17(9-7-14)21(29)19-20(16-10-12-18(13-11-16)25(3,4)5)28(23(31)22(19)30)24-27-26-15(2)32-24/h6-13,20,29H,1-5H3/t20-/m1/s1. The van der Waals surface area contributed by atoms with E-state index in [1.165, 1.54) is 16.2 Å². The van der Waals surface area contributed by atoms with Crippen LogP contribution in [-0.4, -0.2) is 27.0 Å². The van der Waals surface area contributed by atoms with Crippen LogP contribution in [0.15, 0.2) is 54.1 Å². The number of ketones is 1. The van der Waals surface area contributed by atoms with Gasteiger partial charge in [-0.2, -0.15) is 0 Å². The lowest BCUT2D eigenvalue weighted by molar-refractivity contribution is -0.132. The molecule has 0 unspecified atom stereocenters. The summed E-state index contributed by atoms with van der Waals surface area (Å²) >= 11 is 1.23. The number of Topliss-reactive ketones (excluding diaryl/α,β-unsaturated/α-hetero) is 1. The Morgan fingerprint density at radius 1 is 0.969 bits per heavy atom. The van der Waals surface area contributed by atoms with Crippen molar-refractivity contribution in [2.75, 3.05) is 4.90 Å². The van der Waals surface area contributed by atoms with Gasteiger partial charge in [-0.25, -0.2) is 0 Å². The van der Waals surface area contributed by atoms with Crippen LogP contribution in [0.25, 0.3) is 5.76 Å². The lowest BCUT2D eigenvalue weighted by Crippen LogP contribution is -2.29. The van der Waals surface area contributed by atoms with E-state index in [4.69, 9.17) is 0 Å². The Balaban J connectivity index is 1.91. The number of carbonyl (C=O) groups excluding carboxylic acids is 2. The Bertz CT molecular complexity index is 1220. The van der Waals surface area contributed by atoms with E-state index < -0.39 is 17.7 Å². The maximum atomic E-state index is 13.1. The van der Waals surface area contributed by atoms with Gasteiger partial charge in [0.1, 0.15) is 10.8 Å². The van der Waals surface area contributed by atoms with Gasteiger partial charge in [-0.1, -0.05) is 86.2 Å². The SMILES string of the molecule is Cc1ccc(C(O)=C2C(=O)C(=O)N(c3nnc(C)s3)[C@@H]2c2ccc(C(C)(C)C)cc2)cc1. The van der Waals surface area contributed by atoms with E-state index in [0.717, 1.165) is 16.7 Å². The molecule has 1 amide bonds. The number of hydrogen-bond acceptors (Lipinski definition) is 6. The van der Waals surface area contributed by atoms with Gasteiger partial charge in [0.05, 0.1) is 11.6 Å². The van der Waals surface area contributed by atoms with Crippen LogP contribution >= 0.6 is 11.3 Å². The molecule has 4 rings (SSSR count). The number of anilines is 1. The predicted molar refractivity (Wildman–Crippen MR) is 126 cm³/mol. The molecule has 1 atom stereocenters. The molecule has 6 nitrogen and oxygen atoms in total. The third kappa shape index (κ3) is 3.84. The first-order valence-electron chi connectivity index (χ1n) is 10.4. The summed E-state index contributed by atoms with van der Waals surface area (Å²) in [7, 11) is 0. The fourth-order valence-corrected chi connectivity index (χ4v) is 4.48. The van der Waals surface area contributed by atoms with Gasteiger partial charge in [-0.15, -0.1) is 10.2 Å². The largest absolute Gasteiger partial charge is 0.507 e. The third-order valence-corrected chi connectivity index (χ3v) is 6.42. The highest BCUT2D eigenvalue weighted by Gasteiger charge is 2.48. The van der Waals surface area contributed by atoms with Crippen molar-refractivity contribution in [2.45, 2.75) is 46.1 Å². The first kappa shape index (κ1) is 21.9. The smallest absolute Gasteiger partial charge is 0.301 e. The van der Waals surface area contributed by atoms with Crippen molar-refractivity contribution in [2.24, 2.45) is 0 Å². The molecule has 1 N–H and O–H groups in total. The molecule has 0 saturated carbocycles. The minimum atomic E-state index is -0.794. The summed E-state index contributed by atoms with van der Waals surface area (Å²) in [5, 5.41) is 20.3. The van der Waals surface area contributed by atoms with Gasteiger partial charge in [-0.05, 0) is 30.4 Å². The summed E-state index contributed by atoms with van der Waals surface area (Å²) in [5.74, 6) is -1.66. The number of aromatic nitrogens is 2. The predicted octanol–water partition coefficient (Wildman–Crippen LogP) is 5.08. The molecule has 2 aromatic carbocycles. The molecule has 1 fully saturated rings. The Morgan fingerprint density at radius 3 is 2.12 bits per heavy atom. The molecule has 0 radical (unpaired) electrons. The van der Waals surface area contributed by atoms with E-state index in [1.807, 2.05) is 43.3 Å². The Labute approximate surface area is 191 Å². The molecule has 164 valence electrons. The second kappa shape index (κ2) is 7.98. The zero-order chi connectivity index (χ0) is 23.2. The Kier molecular flexibility index (Phi) is 5.46. The summed E-state index contributed by atoms with van der Waals surface area (Å²) < 4.78 is 0. The highest BCUT2D eigenvalue weighted by molar-refractivity contribution is 7.15. The van der Waals surface area contributed by atoms with Crippen molar-refractivity contribution in [1.82, 2.24) is 10.2 Å². The number of aliphatic hydroxyl groups is 1. The molecular formula is C25H25N3O3S. The molecule has 0 aliphatic carbocycles. The topological polar surface area (TPSA) is 83.4 Å². The van der Waals surface area contributed by atoms with E-state index in [2.05, 4.69) is 31.0 Å². The van der Waals surface area contributed by atoms with Crippen LogP contribution in [0.4, 0.5) is 5.13 Å². The zero-order valence-corrected chi connectivity index (χ0v) is 19.5. The van der Waals surface area contributed by atoms with Crippen LogP contribution in [-0.2, 0) is 15.0 Å². The van der Waals surface area contributed by atoms with Gasteiger partial charge in [0.2, 0.25) is 5.13 Å². The number of aliphatic hydroxyl groups excluding tert-OH is 1. The Morgan fingerprint density at radius 2 is 1.59 bits per heavy atom. The zero-order valence-electron chi connectivity index (χ0n) is 18.7. The molecule has 1 saturated heterocycles. The normalized spacial score (nSPS) is 18.4. The van der Waals surface area contributed by atoms with E-state index in [-0.39, 0.29) is 16.7 Å². The molecule has 2 heterocycles. The molecule has 0 spiro atoms. The van der Waals surface area contributed by atoms with Gasteiger partial charge in [0.15, 0.2) is 0 Å². The van der Waals surface area contributed by atoms with Crippen LogP contribution in [0.2, 0.25) is 0 Å². The maximum Gasteiger partial charge on any atom is 0.301 e. The summed E-state index contributed by atoms with van der Waals surface area (Å²) in [5.41, 5.74) is 3.37.